The smallest absolute Gasteiger partial charge is 0.119 e. The predicted molar refractivity (Wildman–Crippen MR) is 88.7 cm³/mol. The second-order valence-electron chi connectivity index (χ2n) is 5.55. The van der Waals surface area contributed by atoms with Gasteiger partial charge in [-0.15, -0.1) is 0 Å². The maximum Gasteiger partial charge on any atom is 0.119 e. The minimum Gasteiger partial charge on any atom is -0.494 e. The molecule has 0 aliphatic rings. The van der Waals surface area contributed by atoms with Crippen LogP contribution in [-0.4, -0.2) is 6.61 Å². The lowest BCUT2D eigenvalue weighted by Gasteiger charge is -2.13. The monoisotopic (exact) mass is 283 g/mol. The number of ether oxygens (including phenoxy) is 1. The van der Waals surface area contributed by atoms with Crippen LogP contribution in [0.1, 0.15) is 42.5 Å². The molecule has 0 aliphatic carbocycles. The number of hydrogen-bond acceptors (Lipinski definition) is 2. The molecule has 112 valence electrons. The van der Waals surface area contributed by atoms with E-state index in [1.807, 2.05) is 12.1 Å². The van der Waals surface area contributed by atoms with Crippen molar-refractivity contribution >= 4 is 0 Å². The molecule has 21 heavy (non-hydrogen) atoms. The van der Waals surface area contributed by atoms with E-state index in [0.29, 0.717) is 0 Å². The summed E-state index contributed by atoms with van der Waals surface area (Å²) in [5.74, 6) is 0.923. The van der Waals surface area contributed by atoms with Gasteiger partial charge in [-0.3, -0.25) is 0 Å². The van der Waals surface area contributed by atoms with Crippen LogP contribution in [0.5, 0.6) is 5.75 Å². The third-order valence-corrected chi connectivity index (χ3v) is 3.61. The standard InChI is InChI=1S/C19H25NO/c1-3-13-21-18-10-8-17(9-11-18)19(20)12-7-16-6-4-5-15(2)14-16/h4-6,8-11,14,19H,3,7,12-13,20H2,1-2H3. The zero-order valence-corrected chi connectivity index (χ0v) is 13.0. The van der Waals surface area contributed by atoms with Crippen molar-refractivity contribution in [1.82, 2.24) is 0 Å². The maximum absolute atomic E-state index is 6.29. The Bertz CT molecular complexity index is 548. The fraction of sp³-hybridized carbons (Fsp3) is 0.368. The molecule has 1 unspecified atom stereocenters. The lowest BCUT2D eigenvalue weighted by Crippen LogP contribution is -2.11. The predicted octanol–water partition coefficient (Wildman–Crippen LogP) is 4.42. The zero-order chi connectivity index (χ0) is 15.1. The summed E-state index contributed by atoms with van der Waals surface area (Å²) in [7, 11) is 0. The van der Waals surface area contributed by atoms with Gasteiger partial charge >= 0.3 is 0 Å². The molecule has 0 aliphatic heterocycles. The molecular weight excluding hydrogens is 258 g/mol. The molecule has 0 radical (unpaired) electrons. The van der Waals surface area contributed by atoms with Crippen LogP contribution >= 0.6 is 0 Å². The van der Waals surface area contributed by atoms with E-state index in [4.69, 9.17) is 10.5 Å². The van der Waals surface area contributed by atoms with Crippen molar-refractivity contribution in [1.29, 1.82) is 0 Å². The lowest BCUT2D eigenvalue weighted by molar-refractivity contribution is 0.317. The minimum atomic E-state index is 0.0748. The summed E-state index contributed by atoms with van der Waals surface area (Å²) in [6.07, 6.45) is 2.99. The van der Waals surface area contributed by atoms with Crippen LogP contribution in [0.4, 0.5) is 0 Å². The normalized spacial score (nSPS) is 12.1. The van der Waals surface area contributed by atoms with Crippen LogP contribution in [-0.2, 0) is 6.42 Å². The molecule has 2 aromatic rings. The van der Waals surface area contributed by atoms with Crippen molar-refractivity contribution < 1.29 is 4.74 Å². The van der Waals surface area contributed by atoms with Gasteiger partial charge in [0.2, 0.25) is 0 Å². The van der Waals surface area contributed by atoms with Crippen LogP contribution in [0.25, 0.3) is 0 Å². The van der Waals surface area contributed by atoms with Gasteiger partial charge in [0.05, 0.1) is 6.61 Å². The maximum atomic E-state index is 6.29. The van der Waals surface area contributed by atoms with Gasteiger partial charge in [0.25, 0.3) is 0 Å². The van der Waals surface area contributed by atoms with Crippen molar-refractivity contribution in [3.63, 3.8) is 0 Å². The summed E-state index contributed by atoms with van der Waals surface area (Å²) < 4.78 is 5.59. The Morgan fingerprint density at radius 3 is 2.52 bits per heavy atom. The topological polar surface area (TPSA) is 35.2 Å². The highest BCUT2D eigenvalue weighted by Gasteiger charge is 2.06. The van der Waals surface area contributed by atoms with E-state index in [-0.39, 0.29) is 6.04 Å². The molecule has 0 spiro atoms. The quantitative estimate of drug-likeness (QED) is 0.816. The first kappa shape index (κ1) is 15.6. The van der Waals surface area contributed by atoms with Gasteiger partial charge in [-0.25, -0.2) is 0 Å². The summed E-state index contributed by atoms with van der Waals surface area (Å²) >= 11 is 0. The van der Waals surface area contributed by atoms with Crippen molar-refractivity contribution in [2.75, 3.05) is 6.61 Å². The summed E-state index contributed by atoms with van der Waals surface area (Å²) in [5, 5.41) is 0. The van der Waals surface area contributed by atoms with Gasteiger partial charge in [0.1, 0.15) is 5.75 Å². The van der Waals surface area contributed by atoms with E-state index in [1.165, 1.54) is 16.7 Å². The Labute approximate surface area is 127 Å². The van der Waals surface area contributed by atoms with Crippen LogP contribution in [0.2, 0.25) is 0 Å². The molecule has 2 rings (SSSR count). The average molecular weight is 283 g/mol. The molecular formula is C19H25NO. The van der Waals surface area contributed by atoms with Crippen molar-refractivity contribution in [3.05, 3.63) is 65.2 Å². The van der Waals surface area contributed by atoms with Crippen LogP contribution in [0.3, 0.4) is 0 Å². The van der Waals surface area contributed by atoms with Gasteiger partial charge in [-0.05, 0) is 49.4 Å². The van der Waals surface area contributed by atoms with Crippen LogP contribution in [0.15, 0.2) is 48.5 Å². The molecule has 0 amide bonds. The van der Waals surface area contributed by atoms with E-state index in [1.54, 1.807) is 0 Å². The summed E-state index contributed by atoms with van der Waals surface area (Å²) in [4.78, 5) is 0. The van der Waals surface area contributed by atoms with Crippen molar-refractivity contribution in [3.8, 4) is 5.75 Å². The zero-order valence-electron chi connectivity index (χ0n) is 13.0. The molecule has 2 nitrogen and oxygen atoms in total. The first-order valence-electron chi connectivity index (χ1n) is 7.73. The van der Waals surface area contributed by atoms with E-state index in [2.05, 4.69) is 50.2 Å². The van der Waals surface area contributed by atoms with Gasteiger partial charge in [-0.2, -0.15) is 0 Å². The molecule has 0 bridgehead atoms. The molecule has 2 N–H and O–H groups in total. The molecule has 0 aromatic heterocycles. The Morgan fingerprint density at radius 2 is 1.86 bits per heavy atom. The third-order valence-electron chi connectivity index (χ3n) is 3.61. The molecule has 0 heterocycles. The molecule has 0 saturated carbocycles. The second kappa shape index (κ2) is 7.84. The highest BCUT2D eigenvalue weighted by molar-refractivity contribution is 5.29. The van der Waals surface area contributed by atoms with E-state index in [9.17, 15) is 0 Å². The summed E-state index contributed by atoms with van der Waals surface area (Å²) in [6, 6.07) is 16.9. The molecule has 0 saturated heterocycles. The molecule has 2 heteroatoms. The molecule has 0 fully saturated rings. The highest BCUT2D eigenvalue weighted by Crippen LogP contribution is 2.20. The fourth-order valence-corrected chi connectivity index (χ4v) is 2.39. The fourth-order valence-electron chi connectivity index (χ4n) is 2.39. The first-order chi connectivity index (χ1) is 10.2. The van der Waals surface area contributed by atoms with Crippen LogP contribution < -0.4 is 10.5 Å². The number of rotatable bonds is 7. The van der Waals surface area contributed by atoms with Gasteiger partial charge < -0.3 is 10.5 Å². The van der Waals surface area contributed by atoms with Crippen molar-refractivity contribution in [2.24, 2.45) is 5.73 Å². The lowest BCUT2D eigenvalue weighted by atomic mass is 9.99. The molecule has 2 aromatic carbocycles. The second-order valence-corrected chi connectivity index (χ2v) is 5.55. The number of benzene rings is 2. The SMILES string of the molecule is CCCOc1ccc(C(N)CCc2cccc(C)c2)cc1. The Kier molecular flexibility index (Phi) is 5.82. The van der Waals surface area contributed by atoms with Crippen LogP contribution in [0, 0.1) is 6.92 Å². The highest BCUT2D eigenvalue weighted by atomic mass is 16.5. The van der Waals surface area contributed by atoms with E-state index in [0.717, 1.165) is 31.6 Å². The summed E-state index contributed by atoms with van der Waals surface area (Å²) in [5.41, 5.74) is 10.1. The van der Waals surface area contributed by atoms with Gasteiger partial charge in [0.15, 0.2) is 0 Å². The third kappa shape index (κ3) is 4.91. The molecule has 1 atom stereocenters. The number of nitrogens with two attached hydrogens (primary N) is 1. The van der Waals surface area contributed by atoms with E-state index >= 15 is 0 Å². The largest absolute Gasteiger partial charge is 0.494 e. The summed E-state index contributed by atoms with van der Waals surface area (Å²) in [6.45, 7) is 4.99. The number of aryl methyl sites for hydroxylation is 2. The van der Waals surface area contributed by atoms with Gasteiger partial charge in [0, 0.05) is 6.04 Å². The first-order valence-corrected chi connectivity index (χ1v) is 7.73. The Morgan fingerprint density at radius 1 is 1.10 bits per heavy atom. The van der Waals surface area contributed by atoms with E-state index < -0.39 is 0 Å². The Balaban J connectivity index is 1.89. The van der Waals surface area contributed by atoms with Gasteiger partial charge in [-0.1, -0.05) is 48.9 Å². The Hall–Kier alpha value is -1.80. The number of hydrogen-bond donors (Lipinski definition) is 1. The average Bonchev–Trinajstić information content (AvgIpc) is 2.51. The minimum absolute atomic E-state index is 0.0748. The van der Waals surface area contributed by atoms with Crippen molar-refractivity contribution in [2.45, 2.75) is 39.2 Å².